The molecule has 5 aromatic rings. The van der Waals surface area contributed by atoms with Crippen molar-refractivity contribution in [2.75, 3.05) is 0 Å². The van der Waals surface area contributed by atoms with Crippen LogP contribution in [-0.2, 0) is 20.1 Å². The molecular formula is C21H13IrN2-. The molecule has 0 bridgehead atoms. The predicted molar refractivity (Wildman–Crippen MR) is 94.9 cm³/mol. The molecule has 1 heterocycles. The molecule has 1 radical (unpaired) electrons. The van der Waals surface area contributed by atoms with Gasteiger partial charge in [-0.25, -0.2) is 0 Å². The Balaban J connectivity index is 0.00000146. The molecule has 0 saturated heterocycles. The average Bonchev–Trinajstić information content (AvgIpc) is 3.08. The van der Waals surface area contributed by atoms with E-state index in [2.05, 4.69) is 59.7 Å². The first-order chi connectivity index (χ1) is 11.4. The van der Waals surface area contributed by atoms with Crippen LogP contribution in [0.3, 0.4) is 0 Å². The summed E-state index contributed by atoms with van der Waals surface area (Å²) in [5.74, 6) is 0. The maximum absolute atomic E-state index is 4.65. The van der Waals surface area contributed by atoms with Gasteiger partial charge in [0.2, 0.25) is 0 Å². The Hall–Kier alpha value is -2.48. The zero-order chi connectivity index (χ0) is 15.2. The van der Waals surface area contributed by atoms with Crippen molar-refractivity contribution < 1.29 is 20.1 Å². The van der Waals surface area contributed by atoms with Gasteiger partial charge in [0.15, 0.2) is 0 Å². The Morgan fingerprint density at radius 3 is 1.92 bits per heavy atom. The fourth-order valence-electron chi connectivity index (χ4n) is 3.38. The summed E-state index contributed by atoms with van der Waals surface area (Å²) in [6.07, 6.45) is 1.96. The maximum Gasteiger partial charge on any atom is 0.0800 e. The number of hydrogen-bond donors (Lipinski definition) is 0. The summed E-state index contributed by atoms with van der Waals surface area (Å²) in [6.45, 7) is 0. The summed E-state index contributed by atoms with van der Waals surface area (Å²) in [7, 11) is 0. The van der Waals surface area contributed by atoms with Crippen molar-refractivity contribution in [1.82, 2.24) is 9.78 Å². The van der Waals surface area contributed by atoms with Crippen molar-refractivity contribution in [2.24, 2.45) is 0 Å². The van der Waals surface area contributed by atoms with E-state index in [1.165, 1.54) is 26.9 Å². The van der Waals surface area contributed by atoms with E-state index < -0.39 is 0 Å². The predicted octanol–water partition coefficient (Wildman–Crippen LogP) is 5.13. The van der Waals surface area contributed by atoms with Crippen LogP contribution in [0.25, 0.3) is 38.1 Å². The third kappa shape index (κ3) is 2.10. The number of fused-ring (bicyclic) bond motifs is 6. The molecule has 0 aliphatic carbocycles. The normalized spacial score (nSPS) is 11.0. The van der Waals surface area contributed by atoms with Crippen molar-refractivity contribution in [1.29, 1.82) is 0 Å². The minimum absolute atomic E-state index is 0. The summed E-state index contributed by atoms with van der Waals surface area (Å²) >= 11 is 0. The first-order valence-corrected chi connectivity index (χ1v) is 7.68. The van der Waals surface area contributed by atoms with E-state index in [-0.39, 0.29) is 20.1 Å². The van der Waals surface area contributed by atoms with Gasteiger partial charge in [-0.05, 0) is 21.8 Å². The molecule has 0 saturated carbocycles. The summed E-state index contributed by atoms with van der Waals surface area (Å²) in [4.78, 5) is 0. The van der Waals surface area contributed by atoms with E-state index in [1.807, 2.05) is 35.1 Å². The monoisotopic (exact) mass is 486 g/mol. The van der Waals surface area contributed by atoms with Crippen molar-refractivity contribution in [3.8, 4) is 5.69 Å². The number of nitrogens with zero attached hydrogens (tertiary/aromatic N) is 2. The smallest absolute Gasteiger partial charge is 0.0800 e. The minimum atomic E-state index is 0. The number of benzene rings is 4. The average molecular weight is 486 g/mol. The quantitative estimate of drug-likeness (QED) is 0.238. The van der Waals surface area contributed by atoms with E-state index in [1.54, 1.807) is 0 Å². The molecule has 5 rings (SSSR count). The molecule has 24 heavy (non-hydrogen) atoms. The van der Waals surface area contributed by atoms with Gasteiger partial charge in [0, 0.05) is 30.9 Å². The van der Waals surface area contributed by atoms with Crippen molar-refractivity contribution >= 4 is 32.4 Å². The fourth-order valence-corrected chi connectivity index (χ4v) is 3.38. The molecule has 0 spiro atoms. The molecule has 0 aliphatic heterocycles. The van der Waals surface area contributed by atoms with E-state index in [0.717, 1.165) is 11.2 Å². The first kappa shape index (κ1) is 15.1. The second-order valence-corrected chi connectivity index (χ2v) is 5.66. The van der Waals surface area contributed by atoms with Crippen molar-refractivity contribution in [3.63, 3.8) is 0 Å². The van der Waals surface area contributed by atoms with E-state index in [4.69, 9.17) is 0 Å². The van der Waals surface area contributed by atoms with Crippen LogP contribution in [0.5, 0.6) is 0 Å². The van der Waals surface area contributed by atoms with Crippen LogP contribution in [0.2, 0.25) is 0 Å². The second kappa shape index (κ2) is 5.86. The SMILES string of the molecule is [Ir].[c-]1ccccc1-n1ncc2c3ccccc3c3ccccc3c21. The summed E-state index contributed by atoms with van der Waals surface area (Å²) < 4.78 is 1.99. The molecule has 0 fully saturated rings. The largest absolute Gasteiger partial charge is 0.257 e. The van der Waals surface area contributed by atoms with Gasteiger partial charge >= 0.3 is 0 Å². The van der Waals surface area contributed by atoms with Gasteiger partial charge < -0.3 is 0 Å². The van der Waals surface area contributed by atoms with Gasteiger partial charge in [0.05, 0.1) is 11.7 Å². The molecule has 2 nitrogen and oxygen atoms in total. The Labute approximate surface area is 153 Å². The molecule has 117 valence electrons. The first-order valence-electron chi connectivity index (χ1n) is 7.68. The molecule has 0 amide bonds. The number of aromatic nitrogens is 2. The fraction of sp³-hybridized carbons (Fsp3) is 0. The molecule has 0 aliphatic rings. The molecule has 3 heteroatoms. The molecule has 0 atom stereocenters. The third-order valence-electron chi connectivity index (χ3n) is 4.38. The van der Waals surface area contributed by atoms with Gasteiger partial charge in [0.25, 0.3) is 0 Å². The summed E-state index contributed by atoms with van der Waals surface area (Å²) in [5, 5.41) is 10.8. The van der Waals surface area contributed by atoms with E-state index >= 15 is 0 Å². The number of rotatable bonds is 1. The van der Waals surface area contributed by atoms with Crippen LogP contribution in [0.4, 0.5) is 0 Å². The maximum atomic E-state index is 4.65. The molecule has 0 N–H and O–H groups in total. The van der Waals surface area contributed by atoms with Crippen LogP contribution in [0.15, 0.2) is 79.0 Å². The third-order valence-corrected chi connectivity index (χ3v) is 4.38. The molecule has 0 unspecified atom stereocenters. The van der Waals surface area contributed by atoms with Gasteiger partial charge in [0.1, 0.15) is 0 Å². The van der Waals surface area contributed by atoms with Crippen molar-refractivity contribution in [2.45, 2.75) is 0 Å². The van der Waals surface area contributed by atoms with Gasteiger partial charge in [-0.15, -0.1) is 6.07 Å². The van der Waals surface area contributed by atoms with Crippen LogP contribution < -0.4 is 0 Å². The summed E-state index contributed by atoms with van der Waals surface area (Å²) in [5.41, 5.74) is 2.10. The Morgan fingerprint density at radius 2 is 1.25 bits per heavy atom. The van der Waals surface area contributed by atoms with Gasteiger partial charge in [-0.3, -0.25) is 4.68 Å². The van der Waals surface area contributed by atoms with Crippen LogP contribution in [0, 0.1) is 6.07 Å². The zero-order valence-electron chi connectivity index (χ0n) is 12.7. The molecule has 4 aromatic carbocycles. The van der Waals surface area contributed by atoms with E-state index in [9.17, 15) is 0 Å². The molecule has 1 aromatic heterocycles. The van der Waals surface area contributed by atoms with Crippen molar-refractivity contribution in [3.05, 3.63) is 85.1 Å². The number of hydrogen-bond acceptors (Lipinski definition) is 1. The Morgan fingerprint density at radius 1 is 0.667 bits per heavy atom. The number of para-hydroxylation sites is 1. The van der Waals surface area contributed by atoms with Gasteiger partial charge in [-0.2, -0.15) is 29.4 Å². The Bertz CT molecular complexity index is 1160. The molecular weight excluding hydrogens is 472 g/mol. The van der Waals surface area contributed by atoms with Crippen LogP contribution in [0.1, 0.15) is 0 Å². The van der Waals surface area contributed by atoms with E-state index in [0.29, 0.717) is 0 Å². The van der Waals surface area contributed by atoms with Gasteiger partial charge in [-0.1, -0.05) is 48.5 Å². The second-order valence-electron chi connectivity index (χ2n) is 5.66. The topological polar surface area (TPSA) is 17.8 Å². The zero-order valence-corrected chi connectivity index (χ0v) is 15.1. The minimum Gasteiger partial charge on any atom is -0.257 e. The van der Waals surface area contributed by atoms with Crippen LogP contribution >= 0.6 is 0 Å². The standard InChI is InChI=1S/C21H13N2.Ir/c1-2-8-15(9-3-1)23-21-19-13-7-6-11-17(19)16-10-4-5-12-18(16)20(21)14-22-23;/h1-8,10-14H;/q-1;. The summed E-state index contributed by atoms with van der Waals surface area (Å²) in [6, 6.07) is 28.3. The Kier molecular flexibility index (Phi) is 3.68. The van der Waals surface area contributed by atoms with Crippen LogP contribution in [-0.4, -0.2) is 9.78 Å².